The summed E-state index contributed by atoms with van der Waals surface area (Å²) in [4.78, 5) is 0. The van der Waals surface area contributed by atoms with Gasteiger partial charge in [-0.2, -0.15) is 0 Å². The second-order valence-corrected chi connectivity index (χ2v) is 9.51. The molecule has 2 unspecified atom stereocenters. The Morgan fingerprint density at radius 2 is 1.37 bits per heavy atom. The Kier molecular flexibility index (Phi) is 17.1. The van der Waals surface area contributed by atoms with E-state index in [0.29, 0.717) is 19.8 Å². The van der Waals surface area contributed by atoms with Crippen LogP contribution in [0.4, 0.5) is 0 Å². The third kappa shape index (κ3) is 15.6. The zero-order valence-corrected chi connectivity index (χ0v) is 20.7. The van der Waals surface area contributed by atoms with Gasteiger partial charge in [0, 0.05) is 6.61 Å². The van der Waals surface area contributed by atoms with Crippen LogP contribution in [-0.2, 0) is 18.9 Å². The lowest BCUT2D eigenvalue weighted by molar-refractivity contribution is -0.147. The largest absolute Gasteiger partial charge is 0.376 e. The lowest BCUT2D eigenvalue weighted by Gasteiger charge is -2.20. The van der Waals surface area contributed by atoms with E-state index in [4.69, 9.17) is 18.9 Å². The van der Waals surface area contributed by atoms with E-state index in [1.165, 1.54) is 83.5 Å². The minimum atomic E-state index is -0.472. The van der Waals surface area contributed by atoms with Crippen molar-refractivity contribution in [3.05, 3.63) is 0 Å². The fourth-order valence-electron chi connectivity index (χ4n) is 4.00. The molecule has 0 bridgehead atoms. The van der Waals surface area contributed by atoms with Gasteiger partial charge in [0.05, 0.1) is 25.9 Å². The highest BCUT2D eigenvalue weighted by Crippen LogP contribution is 2.22. The van der Waals surface area contributed by atoms with E-state index in [-0.39, 0.29) is 12.2 Å². The molecule has 1 aliphatic heterocycles. The molecule has 1 saturated heterocycles. The molecule has 1 fully saturated rings. The molecule has 0 amide bonds. The van der Waals surface area contributed by atoms with Crippen molar-refractivity contribution in [2.24, 2.45) is 0 Å². The molecule has 0 aliphatic carbocycles. The molecule has 0 aromatic heterocycles. The molecular formula is C26H52O4. The molecule has 2 atom stereocenters. The lowest BCUT2D eigenvalue weighted by Crippen LogP contribution is -2.27. The van der Waals surface area contributed by atoms with Crippen LogP contribution < -0.4 is 0 Å². The first-order valence-electron chi connectivity index (χ1n) is 13.1. The number of hydrogen-bond donors (Lipinski definition) is 0. The first kappa shape index (κ1) is 27.9. The van der Waals surface area contributed by atoms with Crippen LogP contribution in [0, 0.1) is 0 Å². The van der Waals surface area contributed by atoms with E-state index < -0.39 is 5.79 Å². The van der Waals surface area contributed by atoms with Crippen molar-refractivity contribution in [2.75, 3.05) is 26.4 Å². The summed E-state index contributed by atoms with van der Waals surface area (Å²) in [5, 5.41) is 0. The Morgan fingerprint density at radius 1 is 0.800 bits per heavy atom. The minimum absolute atomic E-state index is 0.0444. The summed E-state index contributed by atoms with van der Waals surface area (Å²) >= 11 is 0. The SMILES string of the molecule is CCCCCCCCCCCCCCC(COCC1COC(C)(C)O1)OCCCC. The first-order valence-corrected chi connectivity index (χ1v) is 13.1. The smallest absolute Gasteiger partial charge is 0.163 e. The Labute approximate surface area is 187 Å². The molecule has 0 spiro atoms. The Morgan fingerprint density at radius 3 is 1.90 bits per heavy atom. The van der Waals surface area contributed by atoms with Gasteiger partial charge in [-0.3, -0.25) is 0 Å². The molecule has 0 N–H and O–H groups in total. The highest BCUT2D eigenvalue weighted by molar-refractivity contribution is 4.70. The van der Waals surface area contributed by atoms with Crippen LogP contribution in [0.5, 0.6) is 0 Å². The maximum Gasteiger partial charge on any atom is 0.163 e. The molecule has 0 aromatic rings. The average molecular weight is 429 g/mol. The van der Waals surface area contributed by atoms with Crippen molar-refractivity contribution >= 4 is 0 Å². The molecule has 1 aliphatic rings. The van der Waals surface area contributed by atoms with E-state index in [9.17, 15) is 0 Å². The van der Waals surface area contributed by atoms with Gasteiger partial charge in [0.15, 0.2) is 5.79 Å². The van der Waals surface area contributed by atoms with Crippen LogP contribution in [-0.4, -0.2) is 44.4 Å². The average Bonchev–Trinajstić information content (AvgIpc) is 3.07. The quantitative estimate of drug-likeness (QED) is 0.178. The van der Waals surface area contributed by atoms with E-state index in [1.54, 1.807) is 0 Å². The predicted molar refractivity (Wildman–Crippen MR) is 126 cm³/mol. The summed E-state index contributed by atoms with van der Waals surface area (Å²) in [6.45, 7) is 11.1. The summed E-state index contributed by atoms with van der Waals surface area (Å²) in [6.07, 6.45) is 20.3. The van der Waals surface area contributed by atoms with E-state index in [2.05, 4.69) is 13.8 Å². The van der Waals surface area contributed by atoms with E-state index >= 15 is 0 Å². The monoisotopic (exact) mass is 428 g/mol. The molecule has 30 heavy (non-hydrogen) atoms. The molecule has 180 valence electrons. The van der Waals surface area contributed by atoms with Gasteiger partial charge in [-0.1, -0.05) is 97.3 Å². The highest BCUT2D eigenvalue weighted by atomic mass is 16.7. The molecule has 0 aromatic carbocycles. The summed E-state index contributed by atoms with van der Waals surface area (Å²) in [5.74, 6) is -0.472. The van der Waals surface area contributed by atoms with Crippen molar-refractivity contribution in [3.8, 4) is 0 Å². The van der Waals surface area contributed by atoms with Crippen LogP contribution in [0.25, 0.3) is 0 Å². The lowest BCUT2D eigenvalue weighted by atomic mass is 10.0. The Hall–Kier alpha value is -0.160. The van der Waals surface area contributed by atoms with Gasteiger partial charge in [-0.05, 0) is 26.7 Å². The van der Waals surface area contributed by atoms with E-state index in [0.717, 1.165) is 19.4 Å². The number of unbranched alkanes of at least 4 members (excludes halogenated alkanes) is 12. The van der Waals surface area contributed by atoms with Gasteiger partial charge >= 0.3 is 0 Å². The zero-order valence-electron chi connectivity index (χ0n) is 20.7. The highest BCUT2D eigenvalue weighted by Gasteiger charge is 2.32. The topological polar surface area (TPSA) is 36.9 Å². The Balaban J connectivity index is 2.02. The molecule has 0 radical (unpaired) electrons. The molecule has 4 heteroatoms. The van der Waals surface area contributed by atoms with Crippen LogP contribution in [0.15, 0.2) is 0 Å². The Bertz CT molecular complexity index is 372. The van der Waals surface area contributed by atoms with Gasteiger partial charge in [-0.15, -0.1) is 0 Å². The zero-order chi connectivity index (χ0) is 21.9. The standard InChI is InChI=1S/C26H52O4/c1-5-7-9-10-11-12-13-14-15-16-17-18-19-24(28-20-8-6-2)21-27-22-25-23-29-26(3,4)30-25/h24-25H,5-23H2,1-4H3. The minimum Gasteiger partial charge on any atom is -0.376 e. The van der Waals surface area contributed by atoms with Gasteiger partial charge in [-0.25, -0.2) is 0 Å². The van der Waals surface area contributed by atoms with Crippen molar-refractivity contribution in [3.63, 3.8) is 0 Å². The number of rotatable bonds is 21. The van der Waals surface area contributed by atoms with Gasteiger partial charge in [0.25, 0.3) is 0 Å². The van der Waals surface area contributed by atoms with Crippen LogP contribution in [0.3, 0.4) is 0 Å². The maximum absolute atomic E-state index is 6.09. The van der Waals surface area contributed by atoms with Crippen molar-refractivity contribution in [1.82, 2.24) is 0 Å². The third-order valence-electron chi connectivity index (χ3n) is 5.91. The second-order valence-electron chi connectivity index (χ2n) is 9.51. The fourth-order valence-corrected chi connectivity index (χ4v) is 4.00. The summed E-state index contributed by atoms with van der Waals surface area (Å²) in [5.41, 5.74) is 0. The van der Waals surface area contributed by atoms with Crippen LogP contribution in [0.1, 0.15) is 124 Å². The first-order chi connectivity index (χ1) is 14.6. The van der Waals surface area contributed by atoms with Crippen molar-refractivity contribution < 1.29 is 18.9 Å². The molecule has 1 heterocycles. The van der Waals surface area contributed by atoms with E-state index in [1.807, 2.05) is 13.8 Å². The predicted octanol–water partition coefficient (Wildman–Crippen LogP) is 7.43. The fraction of sp³-hybridized carbons (Fsp3) is 1.00. The number of hydrogen-bond acceptors (Lipinski definition) is 4. The maximum atomic E-state index is 6.09. The van der Waals surface area contributed by atoms with Crippen LogP contribution in [0.2, 0.25) is 0 Å². The van der Waals surface area contributed by atoms with Crippen molar-refractivity contribution in [1.29, 1.82) is 0 Å². The van der Waals surface area contributed by atoms with Crippen molar-refractivity contribution in [2.45, 2.75) is 142 Å². The summed E-state index contributed by atoms with van der Waals surface area (Å²) < 4.78 is 23.4. The molecule has 0 saturated carbocycles. The van der Waals surface area contributed by atoms with Gasteiger partial charge in [0.2, 0.25) is 0 Å². The summed E-state index contributed by atoms with van der Waals surface area (Å²) in [6, 6.07) is 0. The second kappa shape index (κ2) is 18.4. The molecule has 1 rings (SSSR count). The molecule has 4 nitrogen and oxygen atoms in total. The normalized spacial score (nSPS) is 19.4. The van der Waals surface area contributed by atoms with Gasteiger partial charge in [0.1, 0.15) is 6.10 Å². The number of ether oxygens (including phenoxy) is 4. The molecular weight excluding hydrogens is 376 g/mol. The van der Waals surface area contributed by atoms with Gasteiger partial charge < -0.3 is 18.9 Å². The van der Waals surface area contributed by atoms with Crippen LogP contribution >= 0.6 is 0 Å². The third-order valence-corrected chi connectivity index (χ3v) is 5.91. The summed E-state index contributed by atoms with van der Waals surface area (Å²) in [7, 11) is 0.